The number of benzene rings is 3. The summed E-state index contributed by atoms with van der Waals surface area (Å²) in [6, 6.07) is 18.5. The van der Waals surface area contributed by atoms with Crippen molar-refractivity contribution in [3.05, 3.63) is 94.8 Å². The number of hydrogen-bond acceptors (Lipinski definition) is 4. The molecule has 4 rings (SSSR count). The molecular weight excluding hydrogens is 411 g/mol. The fourth-order valence-corrected chi connectivity index (χ4v) is 3.62. The van der Waals surface area contributed by atoms with Gasteiger partial charge in [0, 0.05) is 29.8 Å². The van der Waals surface area contributed by atoms with Gasteiger partial charge in [-0.25, -0.2) is 4.39 Å². The van der Waals surface area contributed by atoms with Crippen LogP contribution in [0.15, 0.2) is 66.7 Å². The van der Waals surface area contributed by atoms with Crippen LogP contribution in [0.5, 0.6) is 11.5 Å². The Morgan fingerprint density at radius 1 is 1.09 bits per heavy atom. The third-order valence-electron chi connectivity index (χ3n) is 5.32. The van der Waals surface area contributed by atoms with Crippen LogP contribution in [0.1, 0.15) is 31.8 Å². The predicted molar refractivity (Wildman–Crippen MR) is 117 cm³/mol. The van der Waals surface area contributed by atoms with Crippen molar-refractivity contribution >= 4 is 11.8 Å². The molecule has 2 amide bonds. The molecule has 3 aromatic rings. The summed E-state index contributed by atoms with van der Waals surface area (Å²) in [6.07, 6.45) is 0. The van der Waals surface area contributed by atoms with E-state index in [1.807, 2.05) is 6.07 Å². The highest BCUT2D eigenvalue weighted by Crippen LogP contribution is 2.27. The molecule has 0 atom stereocenters. The van der Waals surface area contributed by atoms with Gasteiger partial charge in [-0.2, -0.15) is 0 Å². The highest BCUT2D eigenvalue weighted by atomic mass is 19.1. The van der Waals surface area contributed by atoms with Gasteiger partial charge < -0.3 is 19.7 Å². The molecule has 0 spiro atoms. The molecule has 6 nitrogen and oxygen atoms in total. The second-order valence-corrected chi connectivity index (χ2v) is 7.37. The number of methoxy groups -OCH3 is 1. The lowest BCUT2D eigenvalue weighted by atomic mass is 10.1. The van der Waals surface area contributed by atoms with E-state index in [9.17, 15) is 14.0 Å². The smallest absolute Gasteiger partial charge is 0.258 e. The quantitative estimate of drug-likeness (QED) is 0.663. The minimum atomic E-state index is -0.367. The highest BCUT2D eigenvalue weighted by Gasteiger charge is 2.24. The molecule has 0 unspecified atom stereocenters. The van der Waals surface area contributed by atoms with Crippen molar-refractivity contribution in [2.75, 3.05) is 20.3 Å². The van der Waals surface area contributed by atoms with Gasteiger partial charge in [0.05, 0.1) is 19.2 Å². The van der Waals surface area contributed by atoms with E-state index >= 15 is 0 Å². The van der Waals surface area contributed by atoms with E-state index in [1.54, 1.807) is 59.5 Å². The van der Waals surface area contributed by atoms with Gasteiger partial charge in [0.2, 0.25) is 0 Å². The standard InChI is InChI=1S/C25H23FN2O4/c1-31-23-9-5-3-7-20(23)25(30)28-12-13-32-22-11-10-17(14-19(22)16-28)24(29)27-15-18-6-2-4-8-21(18)26/h2-11,14H,12-13,15-16H2,1H3,(H,27,29). The molecule has 32 heavy (non-hydrogen) atoms. The van der Waals surface area contributed by atoms with Crippen LogP contribution in [0, 0.1) is 5.82 Å². The third-order valence-corrected chi connectivity index (χ3v) is 5.32. The SMILES string of the molecule is COc1ccccc1C(=O)N1CCOc2ccc(C(=O)NCc3ccccc3F)cc2C1. The van der Waals surface area contributed by atoms with Gasteiger partial charge in [-0.15, -0.1) is 0 Å². The topological polar surface area (TPSA) is 67.9 Å². The van der Waals surface area contributed by atoms with Crippen molar-refractivity contribution < 1.29 is 23.5 Å². The number of carbonyl (C=O) groups is 2. The normalized spacial score (nSPS) is 12.9. The van der Waals surface area contributed by atoms with Crippen molar-refractivity contribution in [1.82, 2.24) is 10.2 Å². The van der Waals surface area contributed by atoms with Crippen molar-refractivity contribution in [2.45, 2.75) is 13.1 Å². The van der Waals surface area contributed by atoms with Crippen LogP contribution in [0.25, 0.3) is 0 Å². The van der Waals surface area contributed by atoms with E-state index in [1.165, 1.54) is 13.2 Å². The second-order valence-electron chi connectivity index (χ2n) is 7.37. The molecule has 1 heterocycles. The van der Waals surface area contributed by atoms with Crippen molar-refractivity contribution in [3.63, 3.8) is 0 Å². The molecule has 7 heteroatoms. The summed E-state index contributed by atoms with van der Waals surface area (Å²) in [6.45, 7) is 1.12. The average molecular weight is 434 g/mol. The molecule has 1 aliphatic rings. The van der Waals surface area contributed by atoms with Gasteiger partial charge in [-0.1, -0.05) is 30.3 Å². The van der Waals surface area contributed by atoms with Gasteiger partial charge in [0.25, 0.3) is 11.8 Å². The molecule has 1 aliphatic heterocycles. The molecule has 0 radical (unpaired) electrons. The Morgan fingerprint density at radius 3 is 2.69 bits per heavy atom. The summed E-state index contributed by atoms with van der Waals surface area (Å²) in [5.74, 6) is 0.264. The Hall–Kier alpha value is -3.87. The number of fused-ring (bicyclic) bond motifs is 1. The Morgan fingerprint density at radius 2 is 1.88 bits per heavy atom. The summed E-state index contributed by atoms with van der Waals surface area (Å²) in [7, 11) is 1.53. The lowest BCUT2D eigenvalue weighted by Gasteiger charge is -2.21. The molecular formula is C25H23FN2O4. The lowest BCUT2D eigenvalue weighted by Crippen LogP contribution is -2.32. The summed E-state index contributed by atoms with van der Waals surface area (Å²) in [5, 5.41) is 2.74. The number of amides is 2. The first kappa shape index (κ1) is 21.4. The molecule has 0 saturated carbocycles. The van der Waals surface area contributed by atoms with Gasteiger partial charge in [0.15, 0.2) is 0 Å². The van der Waals surface area contributed by atoms with E-state index in [4.69, 9.17) is 9.47 Å². The summed E-state index contributed by atoms with van der Waals surface area (Å²) >= 11 is 0. The molecule has 0 saturated heterocycles. The molecule has 1 N–H and O–H groups in total. The molecule has 0 bridgehead atoms. The van der Waals surface area contributed by atoms with Crippen molar-refractivity contribution in [2.24, 2.45) is 0 Å². The van der Waals surface area contributed by atoms with Gasteiger partial charge in [-0.3, -0.25) is 9.59 Å². The number of ether oxygens (including phenoxy) is 2. The van der Waals surface area contributed by atoms with Gasteiger partial charge in [0.1, 0.15) is 23.9 Å². The Balaban J connectivity index is 1.51. The lowest BCUT2D eigenvalue weighted by molar-refractivity contribution is 0.0729. The maximum absolute atomic E-state index is 13.8. The van der Waals surface area contributed by atoms with E-state index in [0.29, 0.717) is 47.9 Å². The highest BCUT2D eigenvalue weighted by molar-refractivity contribution is 5.97. The number of halogens is 1. The number of rotatable bonds is 5. The van der Waals surface area contributed by atoms with Crippen LogP contribution < -0.4 is 14.8 Å². The van der Waals surface area contributed by atoms with E-state index < -0.39 is 0 Å². The van der Waals surface area contributed by atoms with E-state index in [2.05, 4.69) is 5.32 Å². The van der Waals surface area contributed by atoms with Crippen LogP contribution >= 0.6 is 0 Å². The summed E-state index contributed by atoms with van der Waals surface area (Å²) in [5.41, 5.74) is 2.02. The van der Waals surface area contributed by atoms with Crippen LogP contribution in [-0.2, 0) is 13.1 Å². The first-order chi connectivity index (χ1) is 15.6. The number of para-hydroxylation sites is 1. The van der Waals surface area contributed by atoms with E-state index in [-0.39, 0.29) is 24.2 Å². The minimum absolute atomic E-state index is 0.0809. The zero-order valence-corrected chi connectivity index (χ0v) is 17.6. The van der Waals surface area contributed by atoms with Crippen molar-refractivity contribution in [3.8, 4) is 11.5 Å². The number of nitrogens with zero attached hydrogens (tertiary/aromatic N) is 1. The monoisotopic (exact) mass is 434 g/mol. The van der Waals surface area contributed by atoms with Crippen LogP contribution in [0.2, 0.25) is 0 Å². The molecule has 0 aromatic heterocycles. The minimum Gasteiger partial charge on any atom is -0.496 e. The first-order valence-corrected chi connectivity index (χ1v) is 10.3. The Bertz CT molecular complexity index is 1150. The summed E-state index contributed by atoms with van der Waals surface area (Å²) < 4.78 is 24.9. The third kappa shape index (κ3) is 4.56. The summed E-state index contributed by atoms with van der Waals surface area (Å²) in [4.78, 5) is 27.4. The first-order valence-electron chi connectivity index (χ1n) is 10.3. The fraction of sp³-hybridized carbons (Fsp3) is 0.200. The molecule has 0 aliphatic carbocycles. The van der Waals surface area contributed by atoms with E-state index in [0.717, 1.165) is 5.56 Å². The predicted octanol–water partition coefficient (Wildman–Crippen LogP) is 3.80. The molecule has 0 fully saturated rings. The Kier molecular flexibility index (Phi) is 6.35. The fourth-order valence-electron chi connectivity index (χ4n) is 3.62. The molecule has 164 valence electrons. The van der Waals surface area contributed by atoms with Crippen LogP contribution in [0.4, 0.5) is 4.39 Å². The zero-order valence-electron chi connectivity index (χ0n) is 17.6. The maximum atomic E-state index is 13.8. The van der Waals surface area contributed by atoms with Crippen LogP contribution in [0.3, 0.4) is 0 Å². The molecule has 3 aromatic carbocycles. The van der Waals surface area contributed by atoms with Crippen molar-refractivity contribution in [1.29, 1.82) is 0 Å². The maximum Gasteiger partial charge on any atom is 0.258 e. The van der Waals surface area contributed by atoms with Gasteiger partial charge >= 0.3 is 0 Å². The number of hydrogen-bond donors (Lipinski definition) is 1. The Labute approximate surface area is 185 Å². The second kappa shape index (κ2) is 9.51. The van der Waals surface area contributed by atoms with Crippen LogP contribution in [-0.4, -0.2) is 37.0 Å². The number of carbonyl (C=O) groups excluding carboxylic acids is 2. The van der Waals surface area contributed by atoms with Gasteiger partial charge in [-0.05, 0) is 36.4 Å². The average Bonchev–Trinajstić information content (AvgIpc) is 3.04. The largest absolute Gasteiger partial charge is 0.496 e. The number of nitrogens with one attached hydrogen (secondary N) is 1. The zero-order chi connectivity index (χ0) is 22.5.